The summed E-state index contributed by atoms with van der Waals surface area (Å²) in [4.78, 5) is 0. The van der Waals surface area contributed by atoms with Crippen LogP contribution in [0.15, 0.2) is 53.4 Å². The van der Waals surface area contributed by atoms with Crippen LogP contribution in [0.5, 0.6) is 5.75 Å². The van der Waals surface area contributed by atoms with Gasteiger partial charge in [0.2, 0.25) is 0 Å². The maximum Gasteiger partial charge on any atom is 0.124 e. The number of para-hydroxylation sites is 1. The highest BCUT2D eigenvalue weighted by atomic mass is 16.3. The molecule has 2 aliphatic heterocycles. The Hall–Kier alpha value is -2.40. The molecule has 6 N–H and O–H groups in total. The van der Waals surface area contributed by atoms with Crippen molar-refractivity contribution in [2.75, 3.05) is 13.1 Å². The van der Waals surface area contributed by atoms with Gasteiger partial charge in [0.05, 0.1) is 5.70 Å². The Balaban J connectivity index is 1.98. The number of phenolic OH excluding ortho intramolecular Hbond substituents is 1. The predicted molar refractivity (Wildman–Crippen MR) is 79.1 cm³/mol. The molecule has 0 amide bonds. The van der Waals surface area contributed by atoms with Gasteiger partial charge in [0.25, 0.3) is 0 Å². The third-order valence-electron chi connectivity index (χ3n) is 3.51. The molecule has 0 spiro atoms. The topological polar surface area (TPSA) is 82.3 Å². The van der Waals surface area contributed by atoms with Crippen LogP contribution in [0.3, 0.4) is 0 Å². The van der Waals surface area contributed by atoms with E-state index in [1.54, 1.807) is 12.1 Å². The number of hydrogen-bond acceptors (Lipinski definition) is 5. The number of nitrogens with one attached hydrogen (secondary N) is 3. The van der Waals surface area contributed by atoms with Crippen molar-refractivity contribution in [2.45, 2.75) is 6.42 Å². The molecule has 0 atom stereocenters. The largest absolute Gasteiger partial charge is 0.507 e. The van der Waals surface area contributed by atoms with Crippen LogP contribution in [-0.4, -0.2) is 18.2 Å². The van der Waals surface area contributed by atoms with Gasteiger partial charge in [0, 0.05) is 17.7 Å². The fraction of sp³-hybridized carbons (Fsp3) is 0.200. The lowest BCUT2D eigenvalue weighted by Crippen LogP contribution is -2.38. The van der Waals surface area contributed by atoms with Crippen molar-refractivity contribution < 1.29 is 5.11 Å². The van der Waals surface area contributed by atoms with Gasteiger partial charge in [-0.05, 0) is 36.7 Å². The first kappa shape index (κ1) is 12.6. The fourth-order valence-corrected chi connectivity index (χ4v) is 2.44. The Morgan fingerprint density at radius 2 is 2.00 bits per heavy atom. The van der Waals surface area contributed by atoms with Crippen molar-refractivity contribution in [2.24, 2.45) is 5.73 Å². The molecular formula is C15H18N4O. The Labute approximate surface area is 117 Å². The highest BCUT2D eigenvalue weighted by Crippen LogP contribution is 2.28. The first-order valence-electron chi connectivity index (χ1n) is 6.67. The normalized spacial score (nSPS) is 18.8. The summed E-state index contributed by atoms with van der Waals surface area (Å²) >= 11 is 0. The van der Waals surface area contributed by atoms with Crippen molar-refractivity contribution in [3.05, 3.63) is 58.9 Å². The molecule has 1 aromatic rings. The third-order valence-corrected chi connectivity index (χ3v) is 3.51. The van der Waals surface area contributed by atoms with Crippen LogP contribution in [0.1, 0.15) is 12.0 Å². The number of phenols is 1. The van der Waals surface area contributed by atoms with E-state index in [1.165, 1.54) is 5.57 Å². The van der Waals surface area contributed by atoms with Gasteiger partial charge in [-0.25, -0.2) is 0 Å². The highest BCUT2D eigenvalue weighted by molar-refractivity contribution is 5.73. The Morgan fingerprint density at radius 1 is 1.15 bits per heavy atom. The zero-order valence-electron chi connectivity index (χ0n) is 11.1. The van der Waals surface area contributed by atoms with E-state index in [4.69, 9.17) is 5.73 Å². The molecule has 1 aromatic carbocycles. The molecule has 0 bridgehead atoms. The third kappa shape index (κ3) is 2.35. The monoisotopic (exact) mass is 270 g/mol. The fourth-order valence-electron chi connectivity index (χ4n) is 2.44. The average Bonchev–Trinajstić information content (AvgIpc) is 2.49. The molecule has 2 heterocycles. The molecule has 5 heteroatoms. The second-order valence-corrected chi connectivity index (χ2v) is 4.84. The van der Waals surface area contributed by atoms with Crippen molar-refractivity contribution in [1.82, 2.24) is 16.2 Å². The standard InChI is InChI=1S/C15H18N4O/c16-15-12(10-5-7-17-8-6-10)9-13(18-19-15)11-3-1-2-4-14(11)20/h1-5,9,17-20H,6-8,16H2. The number of benzene rings is 1. The predicted octanol–water partition coefficient (Wildman–Crippen LogP) is 0.931. The lowest BCUT2D eigenvalue weighted by Gasteiger charge is -2.24. The number of aromatic hydroxyl groups is 1. The first-order valence-corrected chi connectivity index (χ1v) is 6.67. The molecule has 0 unspecified atom stereocenters. The molecule has 2 aliphatic rings. The molecule has 104 valence electrons. The van der Waals surface area contributed by atoms with Crippen LogP contribution < -0.4 is 21.9 Å². The summed E-state index contributed by atoms with van der Waals surface area (Å²) in [6.07, 6.45) is 5.08. The number of allylic oxidation sites excluding steroid dienone is 2. The SMILES string of the molecule is NC1=C(C2=CCNCC2)C=C(c2ccccc2O)NN1. The minimum atomic E-state index is 0.243. The Kier molecular flexibility index (Phi) is 3.35. The van der Waals surface area contributed by atoms with Gasteiger partial charge in [0.1, 0.15) is 11.6 Å². The summed E-state index contributed by atoms with van der Waals surface area (Å²) in [7, 11) is 0. The molecule has 20 heavy (non-hydrogen) atoms. The quantitative estimate of drug-likeness (QED) is 0.552. The van der Waals surface area contributed by atoms with Gasteiger partial charge in [-0.3, -0.25) is 10.9 Å². The van der Waals surface area contributed by atoms with Crippen molar-refractivity contribution >= 4 is 5.70 Å². The zero-order valence-corrected chi connectivity index (χ0v) is 11.1. The molecule has 0 radical (unpaired) electrons. The molecule has 0 aromatic heterocycles. The summed E-state index contributed by atoms with van der Waals surface area (Å²) in [5.41, 5.74) is 15.8. The van der Waals surface area contributed by atoms with Gasteiger partial charge in [0.15, 0.2) is 0 Å². The van der Waals surface area contributed by atoms with Crippen LogP contribution in [0.4, 0.5) is 0 Å². The van der Waals surface area contributed by atoms with Crippen LogP contribution in [0.25, 0.3) is 5.70 Å². The second-order valence-electron chi connectivity index (χ2n) is 4.84. The van der Waals surface area contributed by atoms with E-state index in [9.17, 15) is 5.11 Å². The summed E-state index contributed by atoms with van der Waals surface area (Å²) in [5, 5.41) is 13.2. The van der Waals surface area contributed by atoms with Crippen LogP contribution in [0.2, 0.25) is 0 Å². The Morgan fingerprint density at radius 3 is 2.75 bits per heavy atom. The minimum Gasteiger partial charge on any atom is -0.507 e. The Bertz CT molecular complexity index is 616. The van der Waals surface area contributed by atoms with E-state index >= 15 is 0 Å². The molecule has 3 rings (SSSR count). The molecule has 0 saturated carbocycles. The van der Waals surface area contributed by atoms with E-state index < -0.39 is 0 Å². The lowest BCUT2D eigenvalue weighted by molar-refractivity contribution is 0.472. The van der Waals surface area contributed by atoms with Crippen LogP contribution >= 0.6 is 0 Å². The summed E-state index contributed by atoms with van der Waals surface area (Å²) in [6.45, 7) is 1.81. The first-order chi connectivity index (χ1) is 9.75. The summed E-state index contributed by atoms with van der Waals surface area (Å²) < 4.78 is 0. The van der Waals surface area contributed by atoms with Crippen LogP contribution in [-0.2, 0) is 0 Å². The van der Waals surface area contributed by atoms with E-state index in [2.05, 4.69) is 22.2 Å². The maximum absolute atomic E-state index is 9.94. The molecular weight excluding hydrogens is 252 g/mol. The molecule has 5 nitrogen and oxygen atoms in total. The van der Waals surface area contributed by atoms with E-state index in [1.807, 2.05) is 18.2 Å². The van der Waals surface area contributed by atoms with Gasteiger partial charge in [-0.1, -0.05) is 18.2 Å². The average molecular weight is 270 g/mol. The van der Waals surface area contributed by atoms with Gasteiger partial charge < -0.3 is 16.2 Å². The van der Waals surface area contributed by atoms with Crippen LogP contribution in [0, 0.1) is 0 Å². The van der Waals surface area contributed by atoms with E-state index in [-0.39, 0.29) is 5.75 Å². The zero-order chi connectivity index (χ0) is 13.9. The number of hydrogen-bond donors (Lipinski definition) is 5. The van der Waals surface area contributed by atoms with Crippen molar-refractivity contribution in [1.29, 1.82) is 0 Å². The number of hydrazine groups is 1. The molecule has 0 saturated heterocycles. The number of rotatable bonds is 2. The lowest BCUT2D eigenvalue weighted by atomic mass is 9.97. The van der Waals surface area contributed by atoms with Gasteiger partial charge in [-0.2, -0.15) is 0 Å². The molecule has 0 fully saturated rings. The summed E-state index contributed by atoms with van der Waals surface area (Å²) in [5.74, 6) is 0.851. The van der Waals surface area contributed by atoms with Crippen molar-refractivity contribution in [3.8, 4) is 5.75 Å². The van der Waals surface area contributed by atoms with Gasteiger partial charge in [-0.15, -0.1) is 0 Å². The van der Waals surface area contributed by atoms with E-state index in [0.29, 0.717) is 5.82 Å². The van der Waals surface area contributed by atoms with Crippen molar-refractivity contribution in [3.63, 3.8) is 0 Å². The maximum atomic E-state index is 9.94. The minimum absolute atomic E-state index is 0.243. The molecule has 0 aliphatic carbocycles. The van der Waals surface area contributed by atoms with E-state index in [0.717, 1.165) is 36.3 Å². The van der Waals surface area contributed by atoms with Gasteiger partial charge >= 0.3 is 0 Å². The number of nitrogens with two attached hydrogens (primary N) is 1. The second kappa shape index (κ2) is 5.30. The highest BCUT2D eigenvalue weighted by Gasteiger charge is 2.17. The smallest absolute Gasteiger partial charge is 0.124 e. The summed E-state index contributed by atoms with van der Waals surface area (Å²) in [6, 6.07) is 7.23.